The molecule has 1 saturated heterocycles. The number of hydrogen-bond donors (Lipinski definition) is 0. The van der Waals surface area contributed by atoms with Crippen molar-refractivity contribution in [3.8, 4) is 11.8 Å². The normalized spacial score (nSPS) is 15.8. The van der Waals surface area contributed by atoms with Crippen LogP contribution in [0.25, 0.3) is 27.6 Å². The van der Waals surface area contributed by atoms with Gasteiger partial charge in [-0.25, -0.2) is 19.3 Å². The number of carbonyl (C=O) groups excluding carboxylic acids is 2. The topological polar surface area (TPSA) is 124 Å². The number of anilines is 1. The van der Waals surface area contributed by atoms with E-state index in [4.69, 9.17) is 24.3 Å². The maximum absolute atomic E-state index is 13.9. The van der Waals surface area contributed by atoms with Crippen molar-refractivity contribution in [1.29, 1.82) is 5.26 Å². The van der Waals surface area contributed by atoms with E-state index in [0.717, 1.165) is 46.2 Å². The third kappa shape index (κ3) is 5.90. The second-order valence-electron chi connectivity index (χ2n) is 13.0. The van der Waals surface area contributed by atoms with Gasteiger partial charge >= 0.3 is 12.2 Å². The minimum atomic E-state index is -0.987. The highest BCUT2D eigenvalue weighted by Crippen LogP contribution is 2.41. The summed E-state index contributed by atoms with van der Waals surface area (Å²) in [5, 5.41) is 16.5. The molecule has 0 N–H and O–H groups in total. The van der Waals surface area contributed by atoms with Crippen LogP contribution in [-0.2, 0) is 14.2 Å². The van der Waals surface area contributed by atoms with Gasteiger partial charge in [0.1, 0.15) is 33.1 Å². The van der Waals surface area contributed by atoms with Crippen LogP contribution in [-0.4, -0.2) is 49.3 Å². The van der Waals surface area contributed by atoms with Crippen LogP contribution in [0.15, 0.2) is 29.0 Å². The van der Waals surface area contributed by atoms with E-state index in [1.165, 1.54) is 0 Å². The second kappa shape index (κ2) is 11.5. The quantitative estimate of drug-likeness (QED) is 0.202. The maximum Gasteiger partial charge on any atom is 0.425 e. The van der Waals surface area contributed by atoms with Crippen LogP contribution in [0.1, 0.15) is 83.7 Å². The van der Waals surface area contributed by atoms with Crippen LogP contribution < -0.4 is 4.90 Å². The highest BCUT2D eigenvalue weighted by atomic mass is 79.9. The van der Waals surface area contributed by atoms with Crippen molar-refractivity contribution in [3.05, 3.63) is 45.7 Å². The Bertz CT molecular complexity index is 1790. The van der Waals surface area contributed by atoms with Gasteiger partial charge < -0.3 is 14.2 Å². The van der Waals surface area contributed by atoms with Crippen molar-refractivity contribution >= 4 is 55.9 Å². The Morgan fingerprint density at radius 3 is 2.27 bits per heavy atom. The molecular formula is C32H37BrN6O5. The first-order chi connectivity index (χ1) is 20.6. The van der Waals surface area contributed by atoms with Crippen LogP contribution in [0, 0.1) is 25.2 Å². The predicted octanol–water partition coefficient (Wildman–Crippen LogP) is 8.00. The van der Waals surface area contributed by atoms with E-state index in [2.05, 4.69) is 22.0 Å². The van der Waals surface area contributed by atoms with E-state index in [1.54, 1.807) is 52.3 Å². The van der Waals surface area contributed by atoms with Gasteiger partial charge in [0.05, 0.1) is 17.4 Å². The number of fused-ring (bicyclic) bond motifs is 2. The molecule has 232 valence electrons. The summed E-state index contributed by atoms with van der Waals surface area (Å²) in [5.74, 6) is -0.0340. The van der Waals surface area contributed by atoms with E-state index >= 15 is 0 Å². The van der Waals surface area contributed by atoms with Gasteiger partial charge in [-0.15, -0.1) is 0 Å². The molecule has 1 fully saturated rings. The van der Waals surface area contributed by atoms with Crippen LogP contribution in [0.3, 0.4) is 0 Å². The lowest BCUT2D eigenvalue weighted by Gasteiger charge is -2.29. The van der Waals surface area contributed by atoms with Crippen molar-refractivity contribution in [2.45, 2.75) is 92.1 Å². The largest absolute Gasteiger partial charge is 0.443 e. The number of amides is 2. The summed E-state index contributed by atoms with van der Waals surface area (Å²) in [6.45, 7) is 14.6. The van der Waals surface area contributed by atoms with Gasteiger partial charge in [0, 0.05) is 17.4 Å². The summed E-state index contributed by atoms with van der Waals surface area (Å²) >= 11 is 3.54. The molecule has 0 aliphatic carbocycles. The smallest absolute Gasteiger partial charge is 0.425 e. The number of rotatable bonds is 3. The highest BCUT2D eigenvalue weighted by molar-refractivity contribution is 9.10. The number of aromatic nitrogens is 4. The Morgan fingerprint density at radius 2 is 1.70 bits per heavy atom. The van der Waals surface area contributed by atoms with Crippen molar-refractivity contribution in [2.75, 3.05) is 11.5 Å². The number of imide groups is 1. The monoisotopic (exact) mass is 664 g/mol. The van der Waals surface area contributed by atoms with E-state index < -0.39 is 23.4 Å². The third-order valence-electron chi connectivity index (χ3n) is 7.13. The van der Waals surface area contributed by atoms with E-state index in [0.29, 0.717) is 27.9 Å². The summed E-state index contributed by atoms with van der Waals surface area (Å²) in [6.07, 6.45) is 2.41. The lowest BCUT2D eigenvalue weighted by molar-refractivity contribution is -0.0366. The minimum absolute atomic E-state index is 0.0340. The van der Waals surface area contributed by atoms with Crippen LogP contribution >= 0.6 is 15.9 Å². The molecule has 5 rings (SSSR count). The molecular weight excluding hydrogens is 628 g/mol. The fourth-order valence-electron chi connectivity index (χ4n) is 5.32. The average Bonchev–Trinajstić information content (AvgIpc) is 3.47. The molecule has 1 aliphatic rings. The van der Waals surface area contributed by atoms with Crippen LogP contribution in [0.5, 0.6) is 0 Å². The molecule has 3 aromatic heterocycles. The number of halogens is 1. The lowest BCUT2D eigenvalue weighted by atomic mass is 10.1. The Morgan fingerprint density at radius 1 is 1.05 bits per heavy atom. The molecule has 11 nitrogen and oxygen atoms in total. The number of hydrogen-bond acceptors (Lipinski definition) is 8. The Kier molecular flexibility index (Phi) is 8.24. The first-order valence-electron chi connectivity index (χ1n) is 14.6. The molecule has 1 aromatic carbocycles. The number of carbonyl (C=O) groups is 2. The molecule has 4 heterocycles. The first-order valence-corrected chi connectivity index (χ1v) is 15.4. The molecule has 1 aliphatic heterocycles. The molecule has 0 radical (unpaired) electrons. The number of nitriles is 1. The molecule has 2 amide bonds. The number of nitrogens with zero attached hydrogens (tertiary/aromatic N) is 6. The predicted molar refractivity (Wildman–Crippen MR) is 170 cm³/mol. The fraction of sp³-hybridized carbons (Fsp3) is 0.469. The number of benzene rings is 1. The Balaban J connectivity index is 1.89. The van der Waals surface area contributed by atoms with Gasteiger partial charge in [0.2, 0.25) is 0 Å². The summed E-state index contributed by atoms with van der Waals surface area (Å²) in [4.78, 5) is 33.5. The summed E-state index contributed by atoms with van der Waals surface area (Å²) in [6, 6.07) is 7.96. The molecule has 44 heavy (non-hydrogen) atoms. The zero-order valence-electron chi connectivity index (χ0n) is 26.3. The molecule has 12 heteroatoms. The summed E-state index contributed by atoms with van der Waals surface area (Å²) < 4.78 is 21.6. The molecule has 0 saturated carbocycles. The molecule has 0 spiro atoms. The minimum Gasteiger partial charge on any atom is -0.443 e. The molecule has 0 bridgehead atoms. The first kappa shape index (κ1) is 31.5. The molecule has 1 atom stereocenters. The van der Waals surface area contributed by atoms with Gasteiger partial charge in [-0.05, 0) is 114 Å². The van der Waals surface area contributed by atoms with Gasteiger partial charge in [0.15, 0.2) is 12.0 Å². The van der Waals surface area contributed by atoms with Gasteiger partial charge in [-0.3, -0.25) is 4.57 Å². The standard InChI is InChI=1S/C32H37BrN6O5/c1-18-12-13-23-22(17-35-39(23)24-11-9-10-14-42-24)25(18)37-27-20(15-19(2)26(33)36-27)21(16-34)28(37)38(29(40)43-31(3,4)5)30(41)44-32(6,7)8/h12-13,15,17,24H,9-11,14H2,1-8H3. The zero-order valence-corrected chi connectivity index (χ0v) is 27.9. The van der Waals surface area contributed by atoms with Crippen LogP contribution in [0.2, 0.25) is 0 Å². The Hall–Kier alpha value is -3.95. The number of aryl methyl sites for hydroxylation is 2. The summed E-state index contributed by atoms with van der Waals surface area (Å²) in [5.41, 5.74) is 1.52. The third-order valence-corrected chi connectivity index (χ3v) is 7.93. The van der Waals surface area contributed by atoms with E-state index in [-0.39, 0.29) is 17.6 Å². The number of ether oxygens (including phenoxy) is 3. The van der Waals surface area contributed by atoms with E-state index in [9.17, 15) is 14.9 Å². The second-order valence-corrected chi connectivity index (χ2v) is 13.7. The van der Waals surface area contributed by atoms with Crippen molar-refractivity contribution in [1.82, 2.24) is 19.3 Å². The molecule has 1 unspecified atom stereocenters. The highest BCUT2D eigenvalue weighted by Gasteiger charge is 2.39. The van der Waals surface area contributed by atoms with Crippen molar-refractivity contribution in [3.63, 3.8) is 0 Å². The summed E-state index contributed by atoms with van der Waals surface area (Å²) in [7, 11) is 0. The van der Waals surface area contributed by atoms with Crippen LogP contribution in [0.4, 0.5) is 15.4 Å². The average molecular weight is 666 g/mol. The maximum atomic E-state index is 13.9. The van der Waals surface area contributed by atoms with Gasteiger partial charge in [-0.1, -0.05) is 6.07 Å². The SMILES string of the molecule is Cc1cc2c(C#N)c(N(C(=O)OC(C)(C)C)C(=O)OC(C)(C)C)n(-c3c(C)ccc4c3cnn4C3CCCCO3)c2nc1Br. The molecule has 4 aromatic rings. The fourth-order valence-corrected chi connectivity index (χ4v) is 5.61. The van der Waals surface area contributed by atoms with Gasteiger partial charge in [0.25, 0.3) is 0 Å². The Labute approximate surface area is 264 Å². The van der Waals surface area contributed by atoms with E-state index in [1.807, 2.05) is 36.7 Å². The lowest BCUT2D eigenvalue weighted by Crippen LogP contribution is -2.45. The number of pyridine rings is 1. The van der Waals surface area contributed by atoms with Gasteiger partial charge in [-0.2, -0.15) is 15.3 Å². The van der Waals surface area contributed by atoms with Crippen molar-refractivity contribution in [2.24, 2.45) is 0 Å². The van der Waals surface area contributed by atoms with Crippen molar-refractivity contribution < 1.29 is 23.8 Å². The zero-order chi connectivity index (χ0) is 32.1.